The van der Waals surface area contributed by atoms with Crippen molar-refractivity contribution in [1.82, 2.24) is 0 Å². The van der Waals surface area contributed by atoms with Gasteiger partial charge in [0.2, 0.25) is 0 Å². The standard InChI is InChI=1S/C90H62N4/c1-7-27-73(28-8-1)91(74-29-9-2-10-30-74)79-45-39-63(40-46-79)89-85-53-51-84(94(78-37-17-6-18-38-78)82-50-44-70-56-66-24-20-22-26-68(66)58-72(70)60-82)62-88(85)90(64-41-47-80(48-42-64)92(75-31-11-3-12-32-75)76-33-13-4-14-34-76)86-54-52-83(61-87(86)89)93(77-35-15-5-16-36-77)81-49-43-69-55-65-23-19-21-25-67(65)57-71(69)59-81/h1-62H. The molecule has 0 aliphatic rings. The first-order chi connectivity index (χ1) is 46.6. The van der Waals surface area contributed by atoms with Crippen molar-refractivity contribution in [2.24, 2.45) is 0 Å². The van der Waals surface area contributed by atoms with Crippen LogP contribution in [-0.4, -0.2) is 0 Å². The second-order valence-electron chi connectivity index (χ2n) is 24.1. The number of nitrogens with zero attached hydrogens (tertiary/aromatic N) is 4. The molecule has 17 rings (SSSR count). The summed E-state index contributed by atoms with van der Waals surface area (Å²) < 4.78 is 0. The van der Waals surface area contributed by atoms with Crippen LogP contribution in [0.1, 0.15) is 0 Å². The lowest BCUT2D eigenvalue weighted by Crippen LogP contribution is -2.10. The Labute approximate surface area is 547 Å². The maximum Gasteiger partial charge on any atom is 0.0468 e. The van der Waals surface area contributed by atoms with Gasteiger partial charge in [0, 0.05) is 68.2 Å². The number of rotatable bonds is 14. The molecule has 0 N–H and O–H groups in total. The van der Waals surface area contributed by atoms with Gasteiger partial charge in [0.05, 0.1) is 0 Å². The summed E-state index contributed by atoms with van der Waals surface area (Å²) in [5.41, 5.74) is 17.4. The molecule has 0 unspecified atom stereocenters. The molecule has 442 valence electrons. The number of para-hydroxylation sites is 6. The van der Waals surface area contributed by atoms with Crippen LogP contribution < -0.4 is 19.6 Å². The molecule has 0 heterocycles. The van der Waals surface area contributed by atoms with Crippen LogP contribution in [0.3, 0.4) is 0 Å². The van der Waals surface area contributed by atoms with Crippen molar-refractivity contribution in [3.63, 3.8) is 0 Å². The zero-order chi connectivity index (χ0) is 62.3. The molecule has 0 fully saturated rings. The summed E-state index contributed by atoms with van der Waals surface area (Å²) in [5.74, 6) is 0. The highest BCUT2D eigenvalue weighted by Gasteiger charge is 2.24. The molecule has 0 spiro atoms. The molecule has 17 aromatic rings. The van der Waals surface area contributed by atoms with Gasteiger partial charge in [0.15, 0.2) is 0 Å². The molecule has 0 aromatic heterocycles. The van der Waals surface area contributed by atoms with Crippen LogP contribution in [0.4, 0.5) is 68.2 Å². The lowest BCUT2D eigenvalue weighted by atomic mass is 9.85. The smallest absolute Gasteiger partial charge is 0.0468 e. The summed E-state index contributed by atoms with van der Waals surface area (Å²) in [6.45, 7) is 0. The lowest BCUT2D eigenvalue weighted by molar-refractivity contribution is 1.28. The summed E-state index contributed by atoms with van der Waals surface area (Å²) in [4.78, 5) is 9.52. The summed E-state index contributed by atoms with van der Waals surface area (Å²) in [7, 11) is 0. The van der Waals surface area contributed by atoms with Gasteiger partial charge >= 0.3 is 0 Å². The van der Waals surface area contributed by atoms with Crippen molar-refractivity contribution in [3.8, 4) is 22.3 Å². The van der Waals surface area contributed by atoms with Crippen LogP contribution in [0.2, 0.25) is 0 Å². The molecule has 0 radical (unpaired) electrons. The molecular weight excluding hydrogens is 1140 g/mol. The highest BCUT2D eigenvalue weighted by molar-refractivity contribution is 6.23. The minimum atomic E-state index is 1.05. The van der Waals surface area contributed by atoms with E-state index in [-0.39, 0.29) is 0 Å². The molecule has 0 aliphatic carbocycles. The lowest BCUT2D eigenvalue weighted by Gasteiger charge is -2.29. The van der Waals surface area contributed by atoms with E-state index in [9.17, 15) is 0 Å². The maximum absolute atomic E-state index is 2.45. The third kappa shape index (κ3) is 10.4. The molecule has 0 saturated heterocycles. The van der Waals surface area contributed by atoms with Crippen molar-refractivity contribution >= 4 is 133 Å². The Bertz CT molecular complexity index is 5160. The van der Waals surface area contributed by atoms with Gasteiger partial charge < -0.3 is 19.6 Å². The summed E-state index contributed by atoms with van der Waals surface area (Å²) in [6, 6.07) is 138. The van der Waals surface area contributed by atoms with E-state index in [4.69, 9.17) is 0 Å². The van der Waals surface area contributed by atoms with E-state index in [0.29, 0.717) is 0 Å². The largest absolute Gasteiger partial charge is 0.311 e. The minimum Gasteiger partial charge on any atom is -0.311 e. The molecule has 0 aliphatic heterocycles. The quantitative estimate of drug-likeness (QED) is 0.101. The van der Waals surface area contributed by atoms with Gasteiger partial charge in [-0.05, 0) is 257 Å². The van der Waals surface area contributed by atoms with Crippen LogP contribution >= 0.6 is 0 Å². The van der Waals surface area contributed by atoms with Crippen molar-refractivity contribution in [3.05, 3.63) is 376 Å². The Morgan fingerprint density at radius 2 is 0.340 bits per heavy atom. The Hall–Kier alpha value is -12.5. The number of benzene rings is 17. The van der Waals surface area contributed by atoms with Gasteiger partial charge in [-0.3, -0.25) is 0 Å². The van der Waals surface area contributed by atoms with Gasteiger partial charge in [-0.25, -0.2) is 0 Å². The molecule has 4 heteroatoms. The Kier molecular flexibility index (Phi) is 14.2. The van der Waals surface area contributed by atoms with Gasteiger partial charge in [-0.15, -0.1) is 0 Å². The van der Waals surface area contributed by atoms with Crippen LogP contribution in [0, 0.1) is 0 Å². The van der Waals surface area contributed by atoms with E-state index in [1.54, 1.807) is 0 Å². The van der Waals surface area contributed by atoms with Crippen LogP contribution in [0.5, 0.6) is 0 Å². The predicted molar refractivity (Wildman–Crippen MR) is 401 cm³/mol. The van der Waals surface area contributed by atoms with E-state index >= 15 is 0 Å². The summed E-state index contributed by atoms with van der Waals surface area (Å²) in [5, 5.41) is 14.2. The second kappa shape index (κ2) is 24.0. The topological polar surface area (TPSA) is 13.0 Å². The molecule has 0 saturated carbocycles. The van der Waals surface area contributed by atoms with Gasteiger partial charge in [0.25, 0.3) is 0 Å². The fraction of sp³-hybridized carbons (Fsp3) is 0. The number of fused-ring (bicyclic) bond motifs is 6. The van der Waals surface area contributed by atoms with Crippen molar-refractivity contribution < 1.29 is 0 Å². The Balaban J connectivity index is 0.930. The maximum atomic E-state index is 2.45. The third-order valence-corrected chi connectivity index (χ3v) is 18.4. The Morgan fingerprint density at radius 3 is 0.638 bits per heavy atom. The molecule has 0 bridgehead atoms. The van der Waals surface area contributed by atoms with E-state index in [2.05, 4.69) is 396 Å². The zero-order valence-corrected chi connectivity index (χ0v) is 51.6. The van der Waals surface area contributed by atoms with E-state index in [1.165, 1.54) is 43.1 Å². The number of hydrogen-bond acceptors (Lipinski definition) is 4. The number of anilines is 12. The van der Waals surface area contributed by atoms with Gasteiger partial charge in [0.1, 0.15) is 0 Å². The van der Waals surface area contributed by atoms with Gasteiger partial charge in [-0.1, -0.05) is 206 Å². The third-order valence-electron chi connectivity index (χ3n) is 18.4. The van der Waals surface area contributed by atoms with Crippen LogP contribution in [0.15, 0.2) is 376 Å². The molecule has 4 nitrogen and oxygen atoms in total. The van der Waals surface area contributed by atoms with Crippen LogP contribution in [0.25, 0.3) is 86.9 Å². The first-order valence-corrected chi connectivity index (χ1v) is 32.2. The highest BCUT2D eigenvalue weighted by Crippen LogP contribution is 2.50. The summed E-state index contributed by atoms with van der Waals surface area (Å²) in [6.07, 6.45) is 0. The molecule has 94 heavy (non-hydrogen) atoms. The monoisotopic (exact) mass is 1200 g/mol. The van der Waals surface area contributed by atoms with Crippen molar-refractivity contribution in [2.75, 3.05) is 19.6 Å². The van der Waals surface area contributed by atoms with Crippen LogP contribution in [-0.2, 0) is 0 Å². The predicted octanol–water partition coefficient (Wildman–Crippen LogP) is 25.8. The average molecular weight is 1200 g/mol. The van der Waals surface area contributed by atoms with E-state index in [0.717, 1.165) is 112 Å². The number of hydrogen-bond donors (Lipinski definition) is 0. The molecule has 17 aromatic carbocycles. The zero-order valence-electron chi connectivity index (χ0n) is 51.6. The minimum absolute atomic E-state index is 1.05. The first-order valence-electron chi connectivity index (χ1n) is 32.2. The molecule has 0 atom stereocenters. The highest BCUT2D eigenvalue weighted by atomic mass is 15.2. The van der Waals surface area contributed by atoms with E-state index < -0.39 is 0 Å². The normalized spacial score (nSPS) is 11.4. The molecular formula is C90H62N4. The summed E-state index contributed by atoms with van der Waals surface area (Å²) >= 11 is 0. The fourth-order valence-corrected chi connectivity index (χ4v) is 14.0. The SMILES string of the molecule is c1ccc(N(c2ccccc2)c2ccc(-c3c4ccc(N(c5ccccc5)c5ccc6cc7ccccc7cc6c5)cc4c(-c4ccc(N(c5ccccc5)c5ccccc5)cc4)c4ccc(N(c5ccccc5)c5ccc6cc7ccccc7cc6c5)cc34)cc2)cc1. The van der Waals surface area contributed by atoms with Gasteiger partial charge in [-0.2, -0.15) is 0 Å². The molecule has 0 amide bonds. The van der Waals surface area contributed by atoms with Crippen molar-refractivity contribution in [1.29, 1.82) is 0 Å². The second-order valence-corrected chi connectivity index (χ2v) is 24.1. The first kappa shape index (κ1) is 55.6. The van der Waals surface area contributed by atoms with E-state index in [1.807, 2.05) is 0 Å². The van der Waals surface area contributed by atoms with Crippen molar-refractivity contribution in [2.45, 2.75) is 0 Å². The fourth-order valence-electron chi connectivity index (χ4n) is 14.0. The Morgan fingerprint density at radius 1 is 0.128 bits per heavy atom. The average Bonchev–Trinajstić information content (AvgIpc) is 0.729.